The van der Waals surface area contributed by atoms with Crippen molar-refractivity contribution in [1.82, 2.24) is 10.6 Å². The van der Waals surface area contributed by atoms with Crippen LogP contribution in [0.4, 0.5) is 5.69 Å². The highest BCUT2D eigenvalue weighted by Crippen LogP contribution is 2.16. The highest BCUT2D eigenvalue weighted by Gasteiger charge is 2.12. The number of nitro groups is 1. The van der Waals surface area contributed by atoms with Gasteiger partial charge >= 0.3 is 0 Å². The van der Waals surface area contributed by atoms with Gasteiger partial charge in [0.2, 0.25) is 0 Å². The quantitative estimate of drug-likeness (QED) is 0.266. The van der Waals surface area contributed by atoms with Gasteiger partial charge in [0.1, 0.15) is 0 Å². The van der Waals surface area contributed by atoms with Gasteiger partial charge in [0.25, 0.3) is 5.69 Å². The second-order valence-electron chi connectivity index (χ2n) is 5.27. The third kappa shape index (κ3) is 6.25. The van der Waals surface area contributed by atoms with E-state index in [0.29, 0.717) is 24.0 Å². The minimum atomic E-state index is -0.365. The topological polar surface area (TPSA) is 79.6 Å². The van der Waals surface area contributed by atoms with Gasteiger partial charge in [-0.2, -0.15) is 0 Å². The normalized spacial score (nSPS) is 11.5. The zero-order chi connectivity index (χ0) is 15.7. The molecule has 2 N–H and O–H groups in total. The van der Waals surface area contributed by atoms with E-state index in [9.17, 15) is 10.1 Å². The standard InChI is InChI=1S/C15H24N4O2/c1-12(2)7-6-10-17-15(16-3)18-11-13-8-4-5-9-14(13)19(20)21/h4-5,8-9,12H,6-7,10-11H2,1-3H3,(H2,16,17,18). The fourth-order valence-electron chi connectivity index (χ4n) is 1.96. The monoisotopic (exact) mass is 292 g/mol. The molecule has 6 heteroatoms. The fraction of sp³-hybridized carbons (Fsp3) is 0.533. The fourth-order valence-corrected chi connectivity index (χ4v) is 1.96. The summed E-state index contributed by atoms with van der Waals surface area (Å²) >= 11 is 0. The lowest BCUT2D eigenvalue weighted by Crippen LogP contribution is -2.37. The van der Waals surface area contributed by atoms with Crippen molar-refractivity contribution in [3.05, 3.63) is 39.9 Å². The summed E-state index contributed by atoms with van der Waals surface area (Å²) < 4.78 is 0. The number of hydrogen-bond acceptors (Lipinski definition) is 3. The Morgan fingerprint density at radius 1 is 1.33 bits per heavy atom. The second kappa shape index (κ2) is 8.94. The molecule has 0 aliphatic rings. The zero-order valence-electron chi connectivity index (χ0n) is 12.9. The molecule has 6 nitrogen and oxygen atoms in total. The Bertz CT molecular complexity index is 486. The predicted octanol–water partition coefficient (Wildman–Crippen LogP) is 2.70. The van der Waals surface area contributed by atoms with Crippen molar-refractivity contribution < 1.29 is 4.92 Å². The van der Waals surface area contributed by atoms with Gasteiger partial charge in [0.05, 0.1) is 4.92 Å². The van der Waals surface area contributed by atoms with Gasteiger partial charge in [-0.05, 0) is 18.8 Å². The summed E-state index contributed by atoms with van der Waals surface area (Å²) in [6, 6.07) is 6.72. The molecule has 116 valence electrons. The van der Waals surface area contributed by atoms with Crippen LogP contribution in [0.25, 0.3) is 0 Å². The van der Waals surface area contributed by atoms with E-state index in [-0.39, 0.29) is 10.6 Å². The first-order chi connectivity index (χ1) is 10.0. The van der Waals surface area contributed by atoms with E-state index in [1.165, 1.54) is 6.07 Å². The number of nitro benzene ring substituents is 1. The van der Waals surface area contributed by atoms with Crippen LogP contribution >= 0.6 is 0 Å². The van der Waals surface area contributed by atoms with Crippen LogP contribution in [-0.4, -0.2) is 24.5 Å². The van der Waals surface area contributed by atoms with Crippen molar-refractivity contribution in [2.75, 3.05) is 13.6 Å². The summed E-state index contributed by atoms with van der Waals surface area (Å²) in [5, 5.41) is 17.3. The molecule has 0 saturated carbocycles. The molecule has 0 bridgehead atoms. The van der Waals surface area contributed by atoms with Gasteiger partial charge in [-0.25, -0.2) is 0 Å². The first-order valence-electron chi connectivity index (χ1n) is 7.21. The van der Waals surface area contributed by atoms with E-state index in [2.05, 4.69) is 29.5 Å². The Labute approximate surface area is 125 Å². The second-order valence-corrected chi connectivity index (χ2v) is 5.27. The molecule has 1 aromatic carbocycles. The third-order valence-corrected chi connectivity index (χ3v) is 3.11. The number of nitrogens with zero attached hydrogens (tertiary/aromatic N) is 2. The molecular formula is C15H24N4O2. The molecular weight excluding hydrogens is 268 g/mol. The summed E-state index contributed by atoms with van der Waals surface area (Å²) in [5.41, 5.74) is 0.771. The van der Waals surface area contributed by atoms with Crippen LogP contribution < -0.4 is 10.6 Å². The van der Waals surface area contributed by atoms with Crippen molar-refractivity contribution in [2.45, 2.75) is 33.2 Å². The lowest BCUT2D eigenvalue weighted by molar-refractivity contribution is -0.385. The number of nitrogens with one attached hydrogen (secondary N) is 2. The summed E-state index contributed by atoms with van der Waals surface area (Å²) in [6.45, 7) is 5.61. The van der Waals surface area contributed by atoms with Crippen molar-refractivity contribution in [2.24, 2.45) is 10.9 Å². The van der Waals surface area contributed by atoms with Gasteiger partial charge in [0.15, 0.2) is 5.96 Å². The number of benzene rings is 1. The van der Waals surface area contributed by atoms with Crippen LogP contribution in [0.3, 0.4) is 0 Å². The molecule has 0 aliphatic heterocycles. The maximum Gasteiger partial charge on any atom is 0.274 e. The minimum absolute atomic E-state index is 0.125. The van der Waals surface area contributed by atoms with Crippen LogP contribution in [0.5, 0.6) is 0 Å². The molecule has 0 fully saturated rings. The first-order valence-corrected chi connectivity index (χ1v) is 7.21. The van der Waals surface area contributed by atoms with Crippen molar-refractivity contribution >= 4 is 11.6 Å². The van der Waals surface area contributed by atoms with Crippen molar-refractivity contribution in [3.63, 3.8) is 0 Å². The van der Waals surface area contributed by atoms with E-state index in [1.54, 1.807) is 25.2 Å². The number of aliphatic imine (C=N–C) groups is 1. The smallest absolute Gasteiger partial charge is 0.274 e. The van der Waals surface area contributed by atoms with Gasteiger partial charge < -0.3 is 10.6 Å². The first kappa shape index (κ1) is 16.9. The average Bonchev–Trinajstić information content (AvgIpc) is 2.46. The summed E-state index contributed by atoms with van der Waals surface area (Å²) in [5.74, 6) is 1.35. The Kier molecular flexibility index (Phi) is 7.21. The minimum Gasteiger partial charge on any atom is -0.356 e. The summed E-state index contributed by atoms with van der Waals surface area (Å²) in [7, 11) is 1.69. The average molecular weight is 292 g/mol. The van der Waals surface area contributed by atoms with Crippen molar-refractivity contribution in [1.29, 1.82) is 0 Å². The summed E-state index contributed by atoms with van der Waals surface area (Å²) in [6.07, 6.45) is 2.23. The van der Waals surface area contributed by atoms with E-state index >= 15 is 0 Å². The molecule has 0 amide bonds. The number of rotatable bonds is 7. The number of hydrogen-bond donors (Lipinski definition) is 2. The third-order valence-electron chi connectivity index (χ3n) is 3.11. The molecule has 21 heavy (non-hydrogen) atoms. The Balaban J connectivity index is 2.47. The highest BCUT2D eigenvalue weighted by molar-refractivity contribution is 5.79. The van der Waals surface area contributed by atoms with Crippen LogP contribution in [0.1, 0.15) is 32.3 Å². The molecule has 0 aromatic heterocycles. The van der Waals surface area contributed by atoms with Crippen LogP contribution in [-0.2, 0) is 6.54 Å². The Hall–Kier alpha value is -2.11. The molecule has 0 heterocycles. The Morgan fingerprint density at radius 3 is 2.67 bits per heavy atom. The molecule has 0 radical (unpaired) electrons. The molecule has 0 saturated heterocycles. The predicted molar refractivity (Wildman–Crippen MR) is 85.4 cm³/mol. The lowest BCUT2D eigenvalue weighted by atomic mass is 10.1. The maximum absolute atomic E-state index is 10.9. The van der Waals surface area contributed by atoms with Crippen LogP contribution in [0.2, 0.25) is 0 Å². The van der Waals surface area contributed by atoms with E-state index in [0.717, 1.165) is 19.4 Å². The highest BCUT2D eigenvalue weighted by atomic mass is 16.6. The summed E-state index contributed by atoms with van der Waals surface area (Å²) in [4.78, 5) is 14.7. The molecule has 0 spiro atoms. The molecule has 0 atom stereocenters. The van der Waals surface area contributed by atoms with Crippen molar-refractivity contribution in [3.8, 4) is 0 Å². The number of guanidine groups is 1. The van der Waals surface area contributed by atoms with Gasteiger partial charge in [0, 0.05) is 31.8 Å². The van der Waals surface area contributed by atoms with E-state index < -0.39 is 0 Å². The van der Waals surface area contributed by atoms with E-state index in [1.807, 2.05) is 0 Å². The molecule has 0 unspecified atom stereocenters. The lowest BCUT2D eigenvalue weighted by Gasteiger charge is -2.12. The largest absolute Gasteiger partial charge is 0.356 e. The molecule has 0 aliphatic carbocycles. The van der Waals surface area contributed by atoms with Gasteiger partial charge in [-0.1, -0.05) is 32.0 Å². The molecule has 1 aromatic rings. The van der Waals surface area contributed by atoms with E-state index in [4.69, 9.17) is 0 Å². The number of para-hydroxylation sites is 1. The Morgan fingerprint density at radius 2 is 2.05 bits per heavy atom. The zero-order valence-corrected chi connectivity index (χ0v) is 12.9. The van der Waals surface area contributed by atoms with Crippen LogP contribution in [0.15, 0.2) is 29.3 Å². The van der Waals surface area contributed by atoms with Gasteiger partial charge in [-0.15, -0.1) is 0 Å². The van der Waals surface area contributed by atoms with Gasteiger partial charge in [-0.3, -0.25) is 15.1 Å². The molecule has 1 rings (SSSR count). The van der Waals surface area contributed by atoms with Crippen LogP contribution in [0, 0.1) is 16.0 Å². The maximum atomic E-state index is 10.9. The SMILES string of the molecule is CN=C(NCCCC(C)C)NCc1ccccc1[N+](=O)[O-].